The third kappa shape index (κ3) is 1.32. The Hall–Kier alpha value is -1.74. The molecule has 2 nitrogen and oxygen atoms in total. The predicted octanol–water partition coefficient (Wildman–Crippen LogP) is 3.12. The van der Waals surface area contributed by atoms with Gasteiger partial charge in [0.25, 0.3) is 0 Å². The molecular weight excluding hydrogens is 218 g/mol. The quantitative estimate of drug-likeness (QED) is 0.552. The van der Waals surface area contributed by atoms with Crippen molar-refractivity contribution in [3.63, 3.8) is 0 Å². The summed E-state index contributed by atoms with van der Waals surface area (Å²) in [5, 5.41) is 1.50. The molecule has 1 aromatic carbocycles. The van der Waals surface area contributed by atoms with Crippen LogP contribution in [-0.2, 0) is 0 Å². The van der Waals surface area contributed by atoms with E-state index < -0.39 is 0 Å². The highest BCUT2D eigenvalue weighted by molar-refractivity contribution is 7.24. The van der Waals surface area contributed by atoms with E-state index in [1.807, 2.05) is 25.1 Å². The van der Waals surface area contributed by atoms with Gasteiger partial charge >= 0.3 is 0 Å². The molecule has 2 aromatic heterocycles. The molecule has 0 bridgehead atoms. The molecule has 0 aliphatic rings. The Morgan fingerprint density at radius 2 is 2.00 bits per heavy atom. The minimum absolute atomic E-state index is 0.0804. The van der Waals surface area contributed by atoms with Gasteiger partial charge in [0.15, 0.2) is 5.43 Å². The van der Waals surface area contributed by atoms with Gasteiger partial charge in [-0.2, -0.15) is 0 Å². The second-order valence-corrected chi connectivity index (χ2v) is 4.89. The van der Waals surface area contributed by atoms with Crippen molar-refractivity contribution in [1.82, 2.24) is 4.98 Å². The average molecular weight is 227 g/mol. The molecule has 0 amide bonds. The highest BCUT2D eigenvalue weighted by atomic mass is 32.1. The molecule has 2 heterocycles. The number of hydrogen-bond acceptors (Lipinski definition) is 3. The third-order valence-electron chi connectivity index (χ3n) is 2.63. The van der Waals surface area contributed by atoms with E-state index in [4.69, 9.17) is 0 Å². The van der Waals surface area contributed by atoms with Crippen LogP contribution in [0.5, 0.6) is 0 Å². The van der Waals surface area contributed by atoms with Crippen molar-refractivity contribution in [1.29, 1.82) is 0 Å². The summed E-state index contributed by atoms with van der Waals surface area (Å²) in [4.78, 5) is 16.2. The monoisotopic (exact) mass is 227 g/mol. The Kier molecular flexibility index (Phi) is 2.01. The topological polar surface area (TPSA) is 30.0 Å². The average Bonchev–Trinajstić information content (AvgIpc) is 2.29. The lowest BCUT2D eigenvalue weighted by Gasteiger charge is -2.00. The molecule has 0 saturated carbocycles. The third-order valence-corrected chi connectivity index (χ3v) is 3.76. The Labute approximate surface area is 96.2 Å². The molecule has 3 aromatic rings. The van der Waals surface area contributed by atoms with Gasteiger partial charge < -0.3 is 0 Å². The molecule has 0 N–H and O–H groups in total. The van der Waals surface area contributed by atoms with E-state index in [-0.39, 0.29) is 5.43 Å². The molecule has 0 atom stereocenters. The highest BCUT2D eigenvalue weighted by Crippen LogP contribution is 2.24. The van der Waals surface area contributed by atoms with Crippen molar-refractivity contribution in [2.45, 2.75) is 6.92 Å². The van der Waals surface area contributed by atoms with Crippen molar-refractivity contribution >= 4 is 31.5 Å². The lowest BCUT2D eigenvalue weighted by molar-refractivity contribution is 1.37. The summed E-state index contributed by atoms with van der Waals surface area (Å²) in [7, 11) is 0. The number of nitrogens with zero attached hydrogens (tertiary/aromatic N) is 1. The van der Waals surface area contributed by atoms with Crippen LogP contribution in [0.15, 0.2) is 41.5 Å². The van der Waals surface area contributed by atoms with Crippen molar-refractivity contribution in [2.75, 3.05) is 0 Å². The van der Waals surface area contributed by atoms with Crippen molar-refractivity contribution in [2.24, 2.45) is 0 Å². The lowest BCUT2D eigenvalue weighted by atomic mass is 10.1. The number of benzene rings is 1. The molecule has 0 aliphatic carbocycles. The van der Waals surface area contributed by atoms with Crippen molar-refractivity contribution in [3.8, 4) is 0 Å². The summed E-state index contributed by atoms with van der Waals surface area (Å²) >= 11 is 1.64. The van der Waals surface area contributed by atoms with Gasteiger partial charge in [0.05, 0.1) is 5.39 Å². The van der Waals surface area contributed by atoms with E-state index in [2.05, 4.69) is 11.1 Å². The first kappa shape index (κ1) is 9.48. The van der Waals surface area contributed by atoms with Crippen LogP contribution in [0.4, 0.5) is 0 Å². The highest BCUT2D eigenvalue weighted by Gasteiger charge is 2.05. The maximum Gasteiger partial charge on any atom is 0.197 e. The van der Waals surface area contributed by atoms with Gasteiger partial charge in [0.2, 0.25) is 0 Å². The van der Waals surface area contributed by atoms with Gasteiger partial charge in [-0.15, -0.1) is 11.3 Å². The summed E-state index contributed by atoms with van der Waals surface area (Å²) in [6, 6.07) is 7.82. The first-order chi connectivity index (χ1) is 7.75. The molecule has 0 saturated heterocycles. The summed E-state index contributed by atoms with van der Waals surface area (Å²) < 4.78 is 2.04. The second kappa shape index (κ2) is 3.39. The Bertz CT molecular complexity index is 746. The maximum atomic E-state index is 12.2. The van der Waals surface area contributed by atoms with Gasteiger partial charge in [-0.25, -0.2) is 0 Å². The number of hydrogen-bond donors (Lipinski definition) is 0. The van der Waals surface area contributed by atoms with Gasteiger partial charge in [-0.3, -0.25) is 9.78 Å². The Balaban J connectivity index is 2.61. The maximum absolute atomic E-state index is 12.2. The lowest BCUT2D eigenvalue weighted by Crippen LogP contribution is -2.01. The molecule has 0 aliphatic heterocycles. The van der Waals surface area contributed by atoms with Gasteiger partial charge in [0, 0.05) is 27.2 Å². The van der Waals surface area contributed by atoms with Gasteiger partial charge in [-0.1, -0.05) is 6.07 Å². The minimum Gasteiger partial charge on any atom is -0.288 e. The van der Waals surface area contributed by atoms with Crippen molar-refractivity contribution in [3.05, 3.63) is 52.4 Å². The molecule has 0 spiro atoms. The van der Waals surface area contributed by atoms with Crippen LogP contribution in [-0.4, -0.2) is 4.98 Å². The first-order valence-corrected chi connectivity index (χ1v) is 5.84. The largest absolute Gasteiger partial charge is 0.288 e. The standard InChI is InChI=1S/C13H9NOS/c1-8-2-3-9-12(6-8)16-11-4-5-14-7-10(11)13(9)15/h2-7H,1H3. The first-order valence-electron chi connectivity index (χ1n) is 5.03. The van der Waals surface area contributed by atoms with Crippen LogP contribution in [0, 0.1) is 6.92 Å². The zero-order chi connectivity index (χ0) is 11.1. The van der Waals surface area contributed by atoms with Crippen molar-refractivity contribution < 1.29 is 0 Å². The van der Waals surface area contributed by atoms with E-state index in [0.29, 0.717) is 5.39 Å². The molecule has 78 valence electrons. The second-order valence-electron chi connectivity index (χ2n) is 3.80. The van der Waals surface area contributed by atoms with Crippen LogP contribution >= 0.6 is 11.3 Å². The normalized spacial score (nSPS) is 11.1. The molecule has 3 rings (SSSR count). The van der Waals surface area contributed by atoms with Crippen LogP contribution < -0.4 is 5.43 Å². The van der Waals surface area contributed by atoms with E-state index in [1.165, 1.54) is 5.56 Å². The van der Waals surface area contributed by atoms with E-state index in [0.717, 1.165) is 14.8 Å². The number of pyridine rings is 1. The van der Waals surface area contributed by atoms with Crippen LogP contribution in [0.2, 0.25) is 0 Å². The predicted molar refractivity (Wildman–Crippen MR) is 68.1 cm³/mol. The number of aryl methyl sites for hydroxylation is 1. The summed E-state index contributed by atoms with van der Waals surface area (Å²) in [5.41, 5.74) is 1.26. The van der Waals surface area contributed by atoms with E-state index >= 15 is 0 Å². The SMILES string of the molecule is Cc1ccc2c(=O)c3cnccc3sc2c1. The fraction of sp³-hybridized carbons (Fsp3) is 0.0769. The van der Waals surface area contributed by atoms with E-state index in [1.54, 1.807) is 23.7 Å². The Morgan fingerprint density at radius 3 is 2.88 bits per heavy atom. The van der Waals surface area contributed by atoms with Gasteiger partial charge in [0.1, 0.15) is 0 Å². The molecule has 0 radical (unpaired) electrons. The zero-order valence-electron chi connectivity index (χ0n) is 8.73. The molecule has 0 unspecified atom stereocenters. The summed E-state index contributed by atoms with van der Waals surface area (Å²) in [5.74, 6) is 0. The number of rotatable bonds is 0. The van der Waals surface area contributed by atoms with Crippen LogP contribution in [0.1, 0.15) is 5.56 Å². The zero-order valence-corrected chi connectivity index (χ0v) is 9.54. The molecule has 0 fully saturated rings. The fourth-order valence-electron chi connectivity index (χ4n) is 1.81. The summed E-state index contributed by atoms with van der Waals surface area (Å²) in [6.45, 7) is 2.04. The molecule has 16 heavy (non-hydrogen) atoms. The summed E-state index contributed by atoms with van der Waals surface area (Å²) in [6.07, 6.45) is 3.37. The smallest absolute Gasteiger partial charge is 0.197 e. The molecule has 3 heteroatoms. The fourth-order valence-corrected chi connectivity index (χ4v) is 2.94. The number of fused-ring (bicyclic) bond motifs is 2. The van der Waals surface area contributed by atoms with Crippen LogP contribution in [0.25, 0.3) is 20.2 Å². The Morgan fingerprint density at radius 1 is 1.12 bits per heavy atom. The van der Waals surface area contributed by atoms with Crippen LogP contribution in [0.3, 0.4) is 0 Å². The van der Waals surface area contributed by atoms with E-state index in [9.17, 15) is 4.79 Å². The molecular formula is C13H9NOS. The number of aromatic nitrogens is 1. The minimum atomic E-state index is 0.0804. The van der Waals surface area contributed by atoms with Gasteiger partial charge in [-0.05, 0) is 30.7 Å².